The maximum atomic E-state index is 13.4. The monoisotopic (exact) mass is 352 g/mol. The average Bonchev–Trinajstić information content (AvgIpc) is 2.94. The van der Waals surface area contributed by atoms with Crippen LogP contribution in [0.3, 0.4) is 0 Å². The van der Waals surface area contributed by atoms with Crippen molar-refractivity contribution in [2.45, 2.75) is 50.0 Å². The van der Waals surface area contributed by atoms with Crippen LogP contribution in [0.15, 0.2) is 11.1 Å². The van der Waals surface area contributed by atoms with Crippen molar-refractivity contribution in [1.29, 1.82) is 21.0 Å². The van der Waals surface area contributed by atoms with E-state index in [-0.39, 0.29) is 12.8 Å². The van der Waals surface area contributed by atoms with Gasteiger partial charge in [-0.25, -0.2) is 8.42 Å². The Hall–Kier alpha value is -2.35. The molecule has 1 aliphatic heterocycles. The van der Waals surface area contributed by atoms with Crippen LogP contribution in [0.25, 0.3) is 0 Å². The predicted molar refractivity (Wildman–Crippen MR) is 85.5 cm³/mol. The van der Waals surface area contributed by atoms with Gasteiger partial charge in [-0.3, -0.25) is 0 Å². The molecule has 0 aromatic carbocycles. The number of hydrogen-bond acceptors (Lipinski definition) is 6. The van der Waals surface area contributed by atoms with Crippen molar-refractivity contribution >= 4 is 9.84 Å². The summed E-state index contributed by atoms with van der Waals surface area (Å²) in [4.78, 5) is 0. The summed E-state index contributed by atoms with van der Waals surface area (Å²) in [5.41, 5.74) is -3.50. The first-order valence-corrected chi connectivity index (χ1v) is 9.53. The molecule has 1 saturated heterocycles. The third kappa shape index (κ3) is 0.877. The normalized spacial score (nSPS) is 48.5. The lowest BCUT2D eigenvalue weighted by atomic mass is 9.52. The van der Waals surface area contributed by atoms with Crippen LogP contribution in [0.5, 0.6) is 0 Å². The molecule has 1 heterocycles. The Bertz CT molecular complexity index is 1060. The fourth-order valence-corrected chi connectivity index (χ4v) is 11.2. The standard InChI is InChI=1S/C18H16N4O2S/c1-11-12-5-16(7-19,8-20)17(9-21,10-22)6-18(12)14(3)13(11,2)15(14,4)25(18,23)24/h5-6H2,1-4H3. The summed E-state index contributed by atoms with van der Waals surface area (Å²) in [5.74, 6) is 0. The van der Waals surface area contributed by atoms with E-state index in [2.05, 4.69) is 0 Å². The topological polar surface area (TPSA) is 129 Å². The lowest BCUT2D eigenvalue weighted by Crippen LogP contribution is -2.70. The van der Waals surface area contributed by atoms with E-state index >= 15 is 0 Å². The molecule has 7 heteroatoms. The van der Waals surface area contributed by atoms with Crippen molar-refractivity contribution in [3.05, 3.63) is 11.1 Å². The molecule has 126 valence electrons. The minimum Gasteiger partial charge on any atom is -0.227 e. The molecule has 4 aliphatic rings. The van der Waals surface area contributed by atoms with Gasteiger partial charge in [0.1, 0.15) is 4.75 Å². The van der Waals surface area contributed by atoms with E-state index in [0.717, 1.165) is 5.57 Å². The summed E-state index contributed by atoms with van der Waals surface area (Å²) in [5, 5.41) is 38.9. The minimum atomic E-state index is -3.64. The Kier molecular flexibility index (Phi) is 2.23. The molecule has 4 unspecified atom stereocenters. The first-order valence-electron chi connectivity index (χ1n) is 8.05. The zero-order valence-corrected chi connectivity index (χ0v) is 15.2. The summed E-state index contributed by atoms with van der Waals surface area (Å²) in [6.45, 7) is 7.45. The quantitative estimate of drug-likeness (QED) is 0.614. The summed E-state index contributed by atoms with van der Waals surface area (Å²) < 4.78 is 24.5. The van der Waals surface area contributed by atoms with Gasteiger partial charge in [0, 0.05) is 23.7 Å². The molecule has 2 saturated carbocycles. The molecule has 0 aromatic rings. The molecule has 0 N–H and O–H groups in total. The van der Waals surface area contributed by atoms with Crippen molar-refractivity contribution in [1.82, 2.24) is 0 Å². The highest BCUT2D eigenvalue weighted by Gasteiger charge is 3.07. The second kappa shape index (κ2) is 3.46. The van der Waals surface area contributed by atoms with Crippen LogP contribution in [-0.2, 0) is 9.84 Å². The van der Waals surface area contributed by atoms with Crippen LogP contribution in [0.2, 0.25) is 0 Å². The number of nitrogens with zero attached hydrogens (tertiary/aromatic N) is 4. The summed E-state index contributed by atoms with van der Waals surface area (Å²) in [6, 6.07) is 7.49. The second-order valence-corrected chi connectivity index (χ2v) is 10.8. The first kappa shape index (κ1) is 16.1. The third-order valence-corrected chi connectivity index (χ3v) is 12.4. The van der Waals surface area contributed by atoms with Crippen LogP contribution >= 0.6 is 0 Å². The van der Waals surface area contributed by atoms with E-state index in [4.69, 9.17) is 0 Å². The smallest absolute Gasteiger partial charge is 0.179 e. The summed E-state index contributed by atoms with van der Waals surface area (Å²) in [6.07, 6.45) is -0.460. The van der Waals surface area contributed by atoms with Gasteiger partial charge in [-0.05, 0) is 19.4 Å². The zero-order valence-electron chi connectivity index (χ0n) is 14.4. The molecule has 4 atom stereocenters. The van der Waals surface area contributed by atoms with Gasteiger partial charge in [-0.1, -0.05) is 19.4 Å². The summed E-state index contributed by atoms with van der Waals surface area (Å²) >= 11 is 0. The van der Waals surface area contributed by atoms with Crippen molar-refractivity contribution in [3.63, 3.8) is 0 Å². The van der Waals surface area contributed by atoms with Gasteiger partial charge in [0.25, 0.3) is 0 Å². The molecule has 3 fully saturated rings. The predicted octanol–water partition coefficient (Wildman–Crippen LogP) is 2.13. The van der Waals surface area contributed by atoms with E-state index in [1.807, 2.05) is 45.0 Å². The largest absolute Gasteiger partial charge is 0.227 e. The van der Waals surface area contributed by atoms with E-state index in [9.17, 15) is 29.5 Å². The molecule has 3 aliphatic carbocycles. The maximum Gasteiger partial charge on any atom is 0.179 e. The molecule has 6 nitrogen and oxygen atoms in total. The average molecular weight is 352 g/mol. The number of allylic oxidation sites excluding steroid dienone is 1. The number of rotatable bonds is 0. The fourth-order valence-electron chi connectivity index (χ4n) is 6.97. The number of hydrogen-bond donors (Lipinski definition) is 0. The van der Waals surface area contributed by atoms with Crippen LogP contribution in [0.1, 0.15) is 40.5 Å². The highest BCUT2D eigenvalue weighted by Crippen LogP contribution is 2.98. The second-order valence-electron chi connectivity index (χ2n) is 8.33. The maximum absolute atomic E-state index is 13.4. The lowest BCUT2D eigenvalue weighted by Gasteiger charge is -2.58. The van der Waals surface area contributed by atoms with Crippen molar-refractivity contribution in [2.24, 2.45) is 21.7 Å². The Balaban J connectivity index is 2.12. The van der Waals surface area contributed by atoms with Crippen LogP contribution in [-0.4, -0.2) is 17.9 Å². The highest BCUT2D eigenvalue weighted by molar-refractivity contribution is 7.97. The Morgan fingerprint density at radius 2 is 1.40 bits per heavy atom. The van der Waals surface area contributed by atoms with E-state index in [1.165, 1.54) is 0 Å². The van der Waals surface area contributed by atoms with E-state index in [1.54, 1.807) is 6.92 Å². The molecule has 4 rings (SSSR count). The molecular weight excluding hydrogens is 336 g/mol. The van der Waals surface area contributed by atoms with Crippen molar-refractivity contribution in [3.8, 4) is 24.3 Å². The lowest BCUT2D eigenvalue weighted by molar-refractivity contribution is 0.155. The number of fused-ring (bicyclic) bond motifs is 1. The van der Waals surface area contributed by atoms with Gasteiger partial charge >= 0.3 is 0 Å². The molecule has 25 heavy (non-hydrogen) atoms. The van der Waals surface area contributed by atoms with Crippen molar-refractivity contribution in [2.75, 3.05) is 0 Å². The Morgan fingerprint density at radius 3 is 1.84 bits per heavy atom. The molecule has 0 bridgehead atoms. The zero-order chi connectivity index (χ0) is 18.9. The Morgan fingerprint density at radius 1 is 0.920 bits per heavy atom. The molecule has 1 spiro atoms. The third-order valence-electron chi connectivity index (χ3n) is 8.79. The fraction of sp³-hybridized carbons (Fsp3) is 0.667. The van der Waals surface area contributed by atoms with Crippen LogP contribution in [0.4, 0.5) is 0 Å². The van der Waals surface area contributed by atoms with Crippen molar-refractivity contribution < 1.29 is 8.42 Å². The van der Waals surface area contributed by atoms with Gasteiger partial charge < -0.3 is 0 Å². The SMILES string of the molecule is CC1=C2CC(C#N)(C#N)C(C#N)(C#N)CC23C2(C)C1(C)C2(C)S3(=O)=O. The van der Waals surface area contributed by atoms with Gasteiger partial charge in [0.05, 0.1) is 29.0 Å². The first-order chi connectivity index (χ1) is 11.4. The minimum absolute atomic E-state index is 0.159. The van der Waals surface area contributed by atoms with Gasteiger partial charge in [-0.15, -0.1) is 0 Å². The molecule has 0 aromatic heterocycles. The number of nitriles is 4. The van der Waals surface area contributed by atoms with E-state index < -0.39 is 41.0 Å². The Labute approximate surface area is 146 Å². The highest BCUT2D eigenvalue weighted by atomic mass is 32.2. The van der Waals surface area contributed by atoms with Crippen LogP contribution in [0, 0.1) is 67.0 Å². The van der Waals surface area contributed by atoms with Gasteiger partial charge in [0.2, 0.25) is 0 Å². The van der Waals surface area contributed by atoms with Gasteiger partial charge in [-0.2, -0.15) is 21.0 Å². The van der Waals surface area contributed by atoms with E-state index in [0.29, 0.717) is 5.57 Å². The molecule has 0 amide bonds. The molecule has 0 radical (unpaired) electrons. The summed E-state index contributed by atoms with van der Waals surface area (Å²) in [7, 11) is -3.64. The van der Waals surface area contributed by atoms with Crippen LogP contribution < -0.4 is 0 Å². The number of sulfone groups is 1. The van der Waals surface area contributed by atoms with Gasteiger partial charge in [0.15, 0.2) is 20.7 Å². The molecular formula is C18H16N4O2S.